The van der Waals surface area contributed by atoms with Crippen LogP contribution in [0.15, 0.2) is 223 Å². The lowest BCUT2D eigenvalue weighted by Crippen LogP contribution is -2.10. The molecular weight excluding hydrogens is 829 g/mol. The van der Waals surface area contributed by atoms with Gasteiger partial charge in [-0.3, -0.25) is 0 Å². The van der Waals surface area contributed by atoms with E-state index in [0.717, 1.165) is 44.5 Å². The van der Waals surface area contributed by atoms with Gasteiger partial charge in [0.2, 0.25) is 0 Å². The number of furan rings is 1. The Morgan fingerprint density at radius 3 is 1.88 bits per heavy atom. The summed E-state index contributed by atoms with van der Waals surface area (Å²) in [4.78, 5) is 2.49. The van der Waals surface area contributed by atoms with Gasteiger partial charge >= 0.3 is 0 Å². The number of hydrogen-bond acceptors (Lipinski definition) is 4. The van der Waals surface area contributed by atoms with E-state index in [1.54, 1.807) is 0 Å². The van der Waals surface area contributed by atoms with E-state index in [0.29, 0.717) is 0 Å². The lowest BCUT2D eigenvalue weighted by atomic mass is 9.95. The molecule has 0 N–H and O–H groups in total. The van der Waals surface area contributed by atoms with Gasteiger partial charge in [-0.15, -0.1) is 22.7 Å². The van der Waals surface area contributed by atoms with Crippen molar-refractivity contribution in [2.24, 2.45) is 0 Å². The number of anilines is 3. The Kier molecular flexibility index (Phi) is 8.02. The SMILES string of the molecule is c1ccc(-c2cc(-c3ccccc3)c3c(c2)c2c(N(c4ccc5c(c4)oc4ccccc45)c4cccc5c4sc4ccccc45)cccc2n3-c2cccc3sc4ccccc4c23)cc1. The summed E-state index contributed by atoms with van der Waals surface area (Å²) in [5.74, 6) is 0. The first-order valence-electron chi connectivity index (χ1n) is 22.0. The van der Waals surface area contributed by atoms with Crippen molar-refractivity contribution in [3.8, 4) is 27.9 Å². The zero-order valence-electron chi connectivity index (χ0n) is 34.9. The molecule has 5 heteroatoms. The van der Waals surface area contributed by atoms with E-state index >= 15 is 0 Å². The summed E-state index contributed by atoms with van der Waals surface area (Å²) in [7, 11) is 0. The van der Waals surface area contributed by atoms with Crippen LogP contribution in [-0.2, 0) is 0 Å². The van der Waals surface area contributed by atoms with Crippen LogP contribution in [0.3, 0.4) is 0 Å². The molecule has 65 heavy (non-hydrogen) atoms. The second-order valence-corrected chi connectivity index (χ2v) is 18.9. The molecule has 0 fully saturated rings. The van der Waals surface area contributed by atoms with Gasteiger partial charge in [0, 0.05) is 74.5 Å². The highest BCUT2D eigenvalue weighted by Crippen LogP contribution is 2.51. The number of hydrogen-bond donors (Lipinski definition) is 0. The third-order valence-electron chi connectivity index (χ3n) is 13.2. The molecule has 0 amide bonds. The number of fused-ring (bicyclic) bond motifs is 12. The molecule has 0 bridgehead atoms. The molecule has 304 valence electrons. The Hall–Kier alpha value is -7.96. The number of nitrogens with zero attached hydrogens (tertiary/aromatic N) is 2. The second kappa shape index (κ2) is 14.3. The first-order valence-corrected chi connectivity index (χ1v) is 23.6. The normalized spacial score (nSPS) is 12.0. The molecule has 0 saturated carbocycles. The van der Waals surface area contributed by atoms with Crippen LogP contribution in [0.25, 0.3) is 112 Å². The summed E-state index contributed by atoms with van der Waals surface area (Å²) in [6, 6.07) is 79.8. The summed E-state index contributed by atoms with van der Waals surface area (Å²) in [5, 5.41) is 9.65. The fourth-order valence-corrected chi connectivity index (χ4v) is 12.7. The summed E-state index contributed by atoms with van der Waals surface area (Å²) < 4.78 is 14.3. The zero-order chi connectivity index (χ0) is 42.6. The molecule has 4 heterocycles. The van der Waals surface area contributed by atoms with Gasteiger partial charge in [0.25, 0.3) is 0 Å². The van der Waals surface area contributed by atoms with Crippen molar-refractivity contribution in [3.05, 3.63) is 218 Å². The monoisotopic (exact) mass is 864 g/mol. The maximum absolute atomic E-state index is 6.64. The highest BCUT2D eigenvalue weighted by atomic mass is 32.1. The molecule has 14 rings (SSSR count). The summed E-state index contributed by atoms with van der Waals surface area (Å²) >= 11 is 3.72. The molecule has 0 saturated heterocycles. The van der Waals surface area contributed by atoms with Gasteiger partial charge in [-0.2, -0.15) is 0 Å². The molecule has 0 aliphatic rings. The molecule has 0 spiro atoms. The molecule has 0 aliphatic heterocycles. The van der Waals surface area contributed by atoms with E-state index in [2.05, 4.69) is 222 Å². The minimum Gasteiger partial charge on any atom is -0.456 e. The minimum absolute atomic E-state index is 0.862. The molecule has 0 radical (unpaired) electrons. The highest BCUT2D eigenvalue weighted by molar-refractivity contribution is 7.26. The Labute approximate surface area is 381 Å². The fraction of sp³-hybridized carbons (Fsp3) is 0. The quantitative estimate of drug-likeness (QED) is 0.166. The van der Waals surface area contributed by atoms with E-state index < -0.39 is 0 Å². The number of para-hydroxylation sites is 1. The first-order chi connectivity index (χ1) is 32.2. The summed E-state index contributed by atoms with van der Waals surface area (Å²) in [5.41, 5.74) is 13.2. The van der Waals surface area contributed by atoms with E-state index in [4.69, 9.17) is 4.42 Å². The van der Waals surface area contributed by atoms with Gasteiger partial charge in [-0.1, -0.05) is 140 Å². The van der Waals surface area contributed by atoms with Crippen molar-refractivity contribution in [1.82, 2.24) is 4.57 Å². The van der Waals surface area contributed by atoms with Crippen molar-refractivity contribution in [2.75, 3.05) is 4.90 Å². The van der Waals surface area contributed by atoms with Gasteiger partial charge in [-0.05, 0) is 89.5 Å². The van der Waals surface area contributed by atoms with Crippen LogP contribution in [0, 0.1) is 0 Å². The van der Waals surface area contributed by atoms with Crippen molar-refractivity contribution >= 4 is 124 Å². The lowest BCUT2D eigenvalue weighted by Gasteiger charge is -2.27. The predicted octanol–water partition coefficient (Wildman–Crippen LogP) is 18.2. The highest BCUT2D eigenvalue weighted by Gasteiger charge is 2.27. The molecule has 0 atom stereocenters. The smallest absolute Gasteiger partial charge is 0.137 e. The number of aromatic nitrogens is 1. The Bertz CT molecular complexity index is 4190. The standard InChI is InChI=1S/C60H36N2OS2/c1-3-16-37(17-4-1)39-34-46(38-18-5-2-6-19-38)59-47(35-39)57-48(24-14-25-49(57)62(59)50-26-15-31-56-58(50)45-22-9-12-30-55(45)64-56)61(40-32-33-42-41-20-7-10-28-52(41)63-53(42)36-40)51-27-13-23-44-43-21-8-11-29-54(43)65-60(44)51/h1-36H. The maximum atomic E-state index is 6.64. The van der Waals surface area contributed by atoms with Gasteiger partial charge in [0.15, 0.2) is 0 Å². The van der Waals surface area contributed by atoms with E-state index in [-0.39, 0.29) is 0 Å². The van der Waals surface area contributed by atoms with Gasteiger partial charge in [0.05, 0.1) is 32.8 Å². The van der Waals surface area contributed by atoms with Crippen LogP contribution in [0.4, 0.5) is 17.1 Å². The molecule has 0 aliphatic carbocycles. The van der Waals surface area contributed by atoms with Crippen LogP contribution < -0.4 is 4.90 Å². The Morgan fingerprint density at radius 2 is 1.03 bits per heavy atom. The predicted molar refractivity (Wildman–Crippen MR) is 279 cm³/mol. The molecule has 14 aromatic rings. The van der Waals surface area contributed by atoms with Crippen molar-refractivity contribution in [3.63, 3.8) is 0 Å². The first kappa shape index (κ1) is 36.5. The van der Waals surface area contributed by atoms with Crippen molar-refractivity contribution in [2.45, 2.75) is 0 Å². The molecular formula is C60H36N2OS2. The minimum atomic E-state index is 0.862. The fourth-order valence-electron chi connectivity index (χ4n) is 10.4. The lowest BCUT2D eigenvalue weighted by molar-refractivity contribution is 0.669. The van der Waals surface area contributed by atoms with Crippen molar-refractivity contribution in [1.29, 1.82) is 0 Å². The van der Waals surface area contributed by atoms with Crippen LogP contribution in [0.1, 0.15) is 0 Å². The van der Waals surface area contributed by atoms with Gasteiger partial charge < -0.3 is 13.9 Å². The summed E-state index contributed by atoms with van der Waals surface area (Å²) in [6.07, 6.45) is 0. The van der Waals surface area contributed by atoms with Crippen LogP contribution in [-0.4, -0.2) is 4.57 Å². The largest absolute Gasteiger partial charge is 0.456 e. The molecule has 10 aromatic carbocycles. The number of thiophene rings is 2. The van der Waals surface area contributed by atoms with E-state index in [9.17, 15) is 0 Å². The molecule has 4 aromatic heterocycles. The third kappa shape index (κ3) is 5.53. The second-order valence-electron chi connectivity index (χ2n) is 16.8. The topological polar surface area (TPSA) is 21.3 Å². The van der Waals surface area contributed by atoms with Crippen LogP contribution in [0.2, 0.25) is 0 Å². The van der Waals surface area contributed by atoms with Crippen molar-refractivity contribution < 1.29 is 4.42 Å². The van der Waals surface area contributed by atoms with Gasteiger partial charge in [-0.25, -0.2) is 0 Å². The van der Waals surface area contributed by atoms with Crippen LogP contribution in [0.5, 0.6) is 0 Å². The van der Waals surface area contributed by atoms with Crippen LogP contribution >= 0.6 is 22.7 Å². The number of benzene rings is 10. The Balaban J connectivity index is 1.17. The Morgan fingerprint density at radius 1 is 0.385 bits per heavy atom. The molecule has 0 unspecified atom stereocenters. The average molecular weight is 865 g/mol. The van der Waals surface area contributed by atoms with E-state index in [1.165, 1.54) is 84.6 Å². The van der Waals surface area contributed by atoms with E-state index in [1.807, 2.05) is 28.7 Å². The maximum Gasteiger partial charge on any atom is 0.137 e. The molecule has 3 nitrogen and oxygen atoms in total. The average Bonchev–Trinajstić information content (AvgIpc) is 4.14. The summed E-state index contributed by atoms with van der Waals surface area (Å²) in [6.45, 7) is 0. The van der Waals surface area contributed by atoms with Gasteiger partial charge in [0.1, 0.15) is 11.2 Å². The zero-order valence-corrected chi connectivity index (χ0v) is 36.5. The third-order valence-corrected chi connectivity index (χ3v) is 15.5. The number of rotatable bonds is 6.